The minimum atomic E-state index is -0.00582. The van der Waals surface area contributed by atoms with E-state index in [0.717, 1.165) is 29.9 Å². The van der Waals surface area contributed by atoms with Crippen molar-refractivity contribution in [3.05, 3.63) is 30.5 Å². The quantitative estimate of drug-likeness (QED) is 0.865. The molecule has 0 atom stereocenters. The Labute approximate surface area is 120 Å². The number of hydrogen-bond acceptors (Lipinski definition) is 4. The lowest BCUT2D eigenvalue weighted by molar-refractivity contribution is 0.195. The molecule has 1 aliphatic heterocycles. The molecule has 1 fully saturated rings. The molecule has 0 radical (unpaired) electrons. The lowest BCUT2D eigenvalue weighted by Crippen LogP contribution is -2.70. The van der Waals surface area contributed by atoms with Gasteiger partial charge in [-0.3, -0.25) is 4.98 Å². The Bertz CT molecular complexity index is 633. The van der Waals surface area contributed by atoms with Crippen molar-refractivity contribution >= 4 is 16.9 Å². The van der Waals surface area contributed by atoms with E-state index >= 15 is 0 Å². The first-order valence-corrected chi connectivity index (χ1v) is 7.16. The zero-order valence-electron chi connectivity index (χ0n) is 12.6. The lowest BCUT2D eigenvalue weighted by Gasteiger charge is -2.54. The average Bonchev–Trinajstić information content (AvgIpc) is 2.41. The van der Waals surface area contributed by atoms with Gasteiger partial charge in [0.2, 0.25) is 0 Å². The maximum Gasteiger partial charge on any atom is 0.129 e. The summed E-state index contributed by atoms with van der Waals surface area (Å²) in [5, 5.41) is 3.60. The van der Waals surface area contributed by atoms with E-state index in [1.54, 1.807) is 0 Å². The molecule has 0 aliphatic carbocycles. The number of hydrogen-bond donors (Lipinski definition) is 1. The van der Waals surface area contributed by atoms with Crippen molar-refractivity contribution in [3.63, 3.8) is 0 Å². The van der Waals surface area contributed by atoms with Crippen LogP contribution in [-0.4, -0.2) is 34.1 Å². The second-order valence-corrected chi connectivity index (χ2v) is 6.47. The Kier molecular flexibility index (Phi) is 2.94. The molecule has 0 amide bonds. The van der Waals surface area contributed by atoms with Gasteiger partial charge in [-0.2, -0.15) is 0 Å². The van der Waals surface area contributed by atoms with Gasteiger partial charge in [0, 0.05) is 24.8 Å². The Balaban J connectivity index is 2.05. The Morgan fingerprint density at radius 2 is 1.90 bits per heavy atom. The Morgan fingerprint density at radius 3 is 2.70 bits per heavy atom. The molecule has 0 spiro atoms. The van der Waals surface area contributed by atoms with Crippen LogP contribution in [0.3, 0.4) is 0 Å². The molecule has 0 aromatic carbocycles. The SMILES string of the molecule is CC1(C)NCCN(c2ccc3ncccc3n2)C1(C)C. The molecule has 2 aromatic rings. The third-order valence-corrected chi connectivity index (χ3v) is 4.82. The highest BCUT2D eigenvalue weighted by molar-refractivity contribution is 5.76. The molecule has 4 heteroatoms. The molecule has 3 heterocycles. The van der Waals surface area contributed by atoms with Crippen LogP contribution in [0.1, 0.15) is 27.7 Å². The van der Waals surface area contributed by atoms with Gasteiger partial charge in [0.1, 0.15) is 5.82 Å². The lowest BCUT2D eigenvalue weighted by atomic mass is 9.79. The highest BCUT2D eigenvalue weighted by Gasteiger charge is 2.44. The van der Waals surface area contributed by atoms with Gasteiger partial charge in [0.25, 0.3) is 0 Å². The summed E-state index contributed by atoms with van der Waals surface area (Å²) in [5.41, 5.74) is 1.94. The molecule has 1 saturated heterocycles. The van der Waals surface area contributed by atoms with E-state index in [0.29, 0.717) is 0 Å². The average molecular weight is 270 g/mol. The van der Waals surface area contributed by atoms with E-state index in [-0.39, 0.29) is 11.1 Å². The number of anilines is 1. The predicted octanol–water partition coefficient (Wildman–Crippen LogP) is 2.60. The fourth-order valence-corrected chi connectivity index (χ4v) is 2.81. The van der Waals surface area contributed by atoms with Gasteiger partial charge in [0.15, 0.2) is 0 Å². The molecule has 20 heavy (non-hydrogen) atoms. The van der Waals surface area contributed by atoms with Crippen LogP contribution in [0.5, 0.6) is 0 Å². The van der Waals surface area contributed by atoms with Crippen molar-refractivity contribution in [1.82, 2.24) is 15.3 Å². The van der Waals surface area contributed by atoms with Gasteiger partial charge in [-0.25, -0.2) is 4.98 Å². The fraction of sp³-hybridized carbons (Fsp3) is 0.500. The summed E-state index contributed by atoms with van der Waals surface area (Å²) in [7, 11) is 0. The van der Waals surface area contributed by atoms with Crippen molar-refractivity contribution in [2.45, 2.75) is 38.8 Å². The van der Waals surface area contributed by atoms with E-state index in [9.17, 15) is 0 Å². The number of aromatic nitrogens is 2. The molecular weight excluding hydrogens is 248 g/mol. The minimum absolute atomic E-state index is 0.00582. The van der Waals surface area contributed by atoms with Crippen LogP contribution in [0.4, 0.5) is 5.82 Å². The molecule has 4 nitrogen and oxygen atoms in total. The molecule has 1 aliphatic rings. The van der Waals surface area contributed by atoms with Crippen molar-refractivity contribution < 1.29 is 0 Å². The first-order chi connectivity index (χ1) is 9.42. The number of fused-ring (bicyclic) bond motifs is 1. The third-order valence-electron chi connectivity index (χ3n) is 4.82. The molecule has 0 unspecified atom stereocenters. The normalized spacial score (nSPS) is 21.1. The van der Waals surface area contributed by atoms with Gasteiger partial charge in [-0.15, -0.1) is 0 Å². The monoisotopic (exact) mass is 270 g/mol. The van der Waals surface area contributed by atoms with Crippen LogP contribution in [0.25, 0.3) is 11.0 Å². The number of pyridine rings is 2. The highest BCUT2D eigenvalue weighted by atomic mass is 15.3. The van der Waals surface area contributed by atoms with Gasteiger partial charge in [-0.05, 0) is 52.0 Å². The van der Waals surface area contributed by atoms with Crippen molar-refractivity contribution in [2.75, 3.05) is 18.0 Å². The largest absolute Gasteiger partial charge is 0.348 e. The smallest absolute Gasteiger partial charge is 0.129 e. The molecule has 3 rings (SSSR count). The zero-order chi connectivity index (χ0) is 14.4. The van der Waals surface area contributed by atoms with E-state index in [1.807, 2.05) is 18.3 Å². The maximum atomic E-state index is 4.80. The number of nitrogens with zero attached hydrogens (tertiary/aromatic N) is 3. The highest BCUT2D eigenvalue weighted by Crippen LogP contribution is 2.34. The predicted molar refractivity (Wildman–Crippen MR) is 83.0 cm³/mol. The van der Waals surface area contributed by atoms with Crippen LogP contribution in [-0.2, 0) is 0 Å². The van der Waals surface area contributed by atoms with Gasteiger partial charge < -0.3 is 10.2 Å². The summed E-state index contributed by atoms with van der Waals surface area (Å²) in [4.78, 5) is 11.5. The standard InChI is InChI=1S/C16H22N4/c1-15(2)16(3,4)20(11-10-18-15)14-8-7-12-13(19-14)6-5-9-17-12/h5-9,18H,10-11H2,1-4H3. The van der Waals surface area contributed by atoms with E-state index in [2.05, 4.69) is 55.0 Å². The summed E-state index contributed by atoms with van der Waals surface area (Å²) >= 11 is 0. The molecular formula is C16H22N4. The first-order valence-electron chi connectivity index (χ1n) is 7.16. The summed E-state index contributed by atoms with van der Waals surface area (Å²) < 4.78 is 0. The van der Waals surface area contributed by atoms with Crippen LogP contribution < -0.4 is 10.2 Å². The van der Waals surface area contributed by atoms with Crippen LogP contribution in [0, 0.1) is 0 Å². The van der Waals surface area contributed by atoms with E-state index in [4.69, 9.17) is 4.98 Å². The van der Waals surface area contributed by atoms with Crippen molar-refractivity contribution in [2.24, 2.45) is 0 Å². The Hall–Kier alpha value is -1.68. The maximum absolute atomic E-state index is 4.80. The van der Waals surface area contributed by atoms with Gasteiger partial charge in [-0.1, -0.05) is 0 Å². The van der Waals surface area contributed by atoms with Crippen LogP contribution in [0.2, 0.25) is 0 Å². The van der Waals surface area contributed by atoms with Gasteiger partial charge in [0.05, 0.1) is 16.6 Å². The summed E-state index contributed by atoms with van der Waals surface area (Å²) in [5.74, 6) is 1.03. The van der Waals surface area contributed by atoms with Crippen LogP contribution in [0.15, 0.2) is 30.5 Å². The van der Waals surface area contributed by atoms with Gasteiger partial charge >= 0.3 is 0 Å². The van der Waals surface area contributed by atoms with Crippen molar-refractivity contribution in [3.8, 4) is 0 Å². The van der Waals surface area contributed by atoms with Crippen molar-refractivity contribution in [1.29, 1.82) is 0 Å². The second kappa shape index (κ2) is 4.42. The second-order valence-electron chi connectivity index (χ2n) is 6.47. The molecule has 0 bridgehead atoms. The summed E-state index contributed by atoms with van der Waals surface area (Å²) in [6.45, 7) is 11.0. The number of piperazine rings is 1. The topological polar surface area (TPSA) is 41.0 Å². The summed E-state index contributed by atoms with van der Waals surface area (Å²) in [6.07, 6.45) is 1.81. The number of nitrogens with one attached hydrogen (secondary N) is 1. The van der Waals surface area contributed by atoms with Crippen LogP contribution >= 0.6 is 0 Å². The Morgan fingerprint density at radius 1 is 1.10 bits per heavy atom. The molecule has 1 N–H and O–H groups in total. The van der Waals surface area contributed by atoms with E-state index < -0.39 is 0 Å². The van der Waals surface area contributed by atoms with E-state index in [1.165, 1.54) is 0 Å². The third kappa shape index (κ3) is 1.95. The molecule has 0 saturated carbocycles. The number of rotatable bonds is 1. The zero-order valence-corrected chi connectivity index (χ0v) is 12.6. The minimum Gasteiger partial charge on any atom is -0.348 e. The molecule has 2 aromatic heterocycles. The molecule has 106 valence electrons. The first kappa shape index (κ1) is 13.3. The fourth-order valence-electron chi connectivity index (χ4n) is 2.81. The summed E-state index contributed by atoms with van der Waals surface area (Å²) in [6, 6.07) is 8.10.